The van der Waals surface area contributed by atoms with Gasteiger partial charge in [0, 0.05) is 16.6 Å². The number of benzene rings is 2. The average molecular weight is 435 g/mol. The molecule has 142 valence electrons. The van der Waals surface area contributed by atoms with Gasteiger partial charge in [-0.3, -0.25) is 14.5 Å². The van der Waals surface area contributed by atoms with Gasteiger partial charge in [-0.05, 0) is 24.3 Å². The third-order valence-corrected chi connectivity index (χ3v) is 4.62. The zero-order valence-corrected chi connectivity index (χ0v) is 16.5. The Labute approximate surface area is 165 Å². The number of anilines is 1. The van der Waals surface area contributed by atoms with Crippen LogP contribution in [0.15, 0.2) is 40.9 Å². The standard InChI is InChI=1S/C19H19BrN2O5/c1-25-15-5-3-4-12(19(15)26-2)9-21-17(23)10-22-14-7-6-13(20)8-16(14)27-11-18(22)24/h3-8H,9-11H2,1-2H3,(H,21,23). The second kappa shape index (κ2) is 8.30. The number of nitrogens with one attached hydrogen (secondary N) is 1. The van der Waals surface area contributed by atoms with Crippen LogP contribution in [0, 0.1) is 0 Å². The summed E-state index contributed by atoms with van der Waals surface area (Å²) in [6.07, 6.45) is 0. The number of carbonyl (C=O) groups excluding carboxylic acids is 2. The molecule has 2 aromatic carbocycles. The molecule has 0 saturated heterocycles. The molecule has 0 radical (unpaired) electrons. The van der Waals surface area contributed by atoms with Gasteiger partial charge >= 0.3 is 0 Å². The number of hydrogen-bond donors (Lipinski definition) is 1. The molecule has 1 heterocycles. The largest absolute Gasteiger partial charge is 0.493 e. The normalized spacial score (nSPS) is 12.9. The molecular weight excluding hydrogens is 416 g/mol. The molecule has 0 unspecified atom stereocenters. The SMILES string of the molecule is COc1cccc(CNC(=O)CN2C(=O)COc3cc(Br)ccc32)c1OC. The van der Waals surface area contributed by atoms with Gasteiger partial charge in [0.05, 0.1) is 19.9 Å². The molecule has 7 nitrogen and oxygen atoms in total. The highest BCUT2D eigenvalue weighted by molar-refractivity contribution is 9.10. The van der Waals surface area contributed by atoms with Gasteiger partial charge < -0.3 is 19.5 Å². The molecule has 0 spiro atoms. The maximum Gasteiger partial charge on any atom is 0.265 e. The number of para-hydroxylation sites is 1. The molecule has 1 aliphatic rings. The summed E-state index contributed by atoms with van der Waals surface area (Å²) in [7, 11) is 3.10. The molecule has 0 aliphatic carbocycles. The van der Waals surface area contributed by atoms with E-state index < -0.39 is 0 Å². The van der Waals surface area contributed by atoms with Gasteiger partial charge in [0.2, 0.25) is 5.91 Å². The maximum absolute atomic E-state index is 12.4. The van der Waals surface area contributed by atoms with Gasteiger partial charge in [-0.2, -0.15) is 0 Å². The van der Waals surface area contributed by atoms with Crippen LogP contribution in [0.1, 0.15) is 5.56 Å². The molecule has 3 rings (SSSR count). The first-order valence-corrected chi connectivity index (χ1v) is 9.02. The second-order valence-electron chi connectivity index (χ2n) is 5.81. The smallest absolute Gasteiger partial charge is 0.265 e. The summed E-state index contributed by atoms with van der Waals surface area (Å²) in [5.74, 6) is 1.17. The summed E-state index contributed by atoms with van der Waals surface area (Å²) in [4.78, 5) is 26.1. The zero-order valence-electron chi connectivity index (χ0n) is 15.0. The predicted octanol–water partition coefficient (Wildman–Crippen LogP) is 2.51. The topological polar surface area (TPSA) is 77.1 Å². The number of rotatable bonds is 6. The Kier molecular flexibility index (Phi) is 5.85. The minimum atomic E-state index is -0.288. The Bertz CT molecular complexity index is 871. The van der Waals surface area contributed by atoms with Gasteiger partial charge in [0.1, 0.15) is 12.3 Å². The monoisotopic (exact) mass is 434 g/mol. The lowest BCUT2D eigenvalue weighted by molar-refractivity contribution is -0.125. The van der Waals surface area contributed by atoms with Gasteiger partial charge in [-0.25, -0.2) is 0 Å². The van der Waals surface area contributed by atoms with E-state index >= 15 is 0 Å². The van der Waals surface area contributed by atoms with Gasteiger partial charge in [-0.1, -0.05) is 28.1 Å². The van der Waals surface area contributed by atoms with E-state index in [9.17, 15) is 9.59 Å². The average Bonchev–Trinajstić information content (AvgIpc) is 2.68. The van der Waals surface area contributed by atoms with E-state index in [1.807, 2.05) is 12.1 Å². The fourth-order valence-corrected chi connectivity index (χ4v) is 3.18. The molecule has 0 bridgehead atoms. The van der Waals surface area contributed by atoms with Crippen LogP contribution in [0.3, 0.4) is 0 Å². The highest BCUT2D eigenvalue weighted by Crippen LogP contribution is 2.34. The lowest BCUT2D eigenvalue weighted by Gasteiger charge is -2.29. The molecule has 1 aliphatic heterocycles. The lowest BCUT2D eigenvalue weighted by atomic mass is 10.2. The van der Waals surface area contributed by atoms with Crippen LogP contribution in [0.5, 0.6) is 17.2 Å². The molecule has 0 saturated carbocycles. The van der Waals surface area contributed by atoms with Crippen molar-refractivity contribution in [2.45, 2.75) is 6.54 Å². The third-order valence-electron chi connectivity index (χ3n) is 4.13. The van der Waals surface area contributed by atoms with E-state index in [0.29, 0.717) is 22.9 Å². The van der Waals surface area contributed by atoms with E-state index in [2.05, 4.69) is 21.2 Å². The predicted molar refractivity (Wildman–Crippen MR) is 103 cm³/mol. The van der Waals surface area contributed by atoms with Crippen LogP contribution in [0.25, 0.3) is 0 Å². The van der Waals surface area contributed by atoms with Crippen molar-refractivity contribution >= 4 is 33.4 Å². The van der Waals surface area contributed by atoms with Crippen molar-refractivity contribution in [1.29, 1.82) is 0 Å². The molecule has 27 heavy (non-hydrogen) atoms. The fraction of sp³-hybridized carbons (Fsp3) is 0.263. The molecule has 0 fully saturated rings. The van der Waals surface area contributed by atoms with Crippen LogP contribution < -0.4 is 24.4 Å². The van der Waals surface area contributed by atoms with Crippen LogP contribution >= 0.6 is 15.9 Å². The van der Waals surface area contributed by atoms with Crippen molar-refractivity contribution < 1.29 is 23.8 Å². The van der Waals surface area contributed by atoms with E-state index in [1.54, 1.807) is 38.5 Å². The molecule has 2 aromatic rings. The van der Waals surface area contributed by atoms with Gasteiger partial charge in [0.15, 0.2) is 18.1 Å². The molecule has 8 heteroatoms. The van der Waals surface area contributed by atoms with Crippen molar-refractivity contribution in [3.63, 3.8) is 0 Å². The minimum Gasteiger partial charge on any atom is -0.493 e. The fourth-order valence-electron chi connectivity index (χ4n) is 2.84. The Hall–Kier alpha value is -2.74. The summed E-state index contributed by atoms with van der Waals surface area (Å²) < 4.78 is 16.9. The Morgan fingerprint density at radius 2 is 2.07 bits per heavy atom. The van der Waals surface area contributed by atoms with Crippen molar-refractivity contribution in [3.05, 3.63) is 46.4 Å². The molecule has 0 aromatic heterocycles. The van der Waals surface area contributed by atoms with Crippen molar-refractivity contribution in [2.75, 3.05) is 32.3 Å². The summed E-state index contributed by atoms with van der Waals surface area (Å²) in [6, 6.07) is 10.8. The number of methoxy groups -OCH3 is 2. The summed E-state index contributed by atoms with van der Waals surface area (Å²) >= 11 is 3.37. The number of fused-ring (bicyclic) bond motifs is 1. The van der Waals surface area contributed by atoms with E-state index in [0.717, 1.165) is 10.0 Å². The van der Waals surface area contributed by atoms with Gasteiger partial charge in [0.25, 0.3) is 5.91 Å². The minimum absolute atomic E-state index is 0.0941. The summed E-state index contributed by atoms with van der Waals surface area (Å²) in [6.45, 7) is 0.0640. The Balaban J connectivity index is 1.69. The molecular formula is C19H19BrN2O5. The van der Waals surface area contributed by atoms with Crippen LogP contribution in [0.4, 0.5) is 5.69 Å². The van der Waals surface area contributed by atoms with Crippen LogP contribution in [0.2, 0.25) is 0 Å². The number of hydrogen-bond acceptors (Lipinski definition) is 5. The first-order chi connectivity index (χ1) is 13.0. The van der Waals surface area contributed by atoms with Crippen molar-refractivity contribution in [3.8, 4) is 17.2 Å². The molecule has 2 amide bonds. The van der Waals surface area contributed by atoms with Crippen molar-refractivity contribution in [2.24, 2.45) is 0 Å². The molecule has 0 atom stereocenters. The van der Waals surface area contributed by atoms with Crippen LogP contribution in [-0.4, -0.2) is 39.2 Å². The molecule has 1 N–H and O–H groups in total. The lowest BCUT2D eigenvalue weighted by Crippen LogP contribution is -2.45. The van der Waals surface area contributed by atoms with E-state index in [1.165, 1.54) is 4.90 Å². The first-order valence-electron chi connectivity index (χ1n) is 8.22. The second-order valence-corrected chi connectivity index (χ2v) is 6.73. The highest BCUT2D eigenvalue weighted by atomic mass is 79.9. The number of nitrogens with zero attached hydrogens (tertiary/aromatic N) is 1. The van der Waals surface area contributed by atoms with E-state index in [-0.39, 0.29) is 31.5 Å². The number of halogens is 1. The summed E-state index contributed by atoms with van der Waals surface area (Å²) in [5, 5.41) is 2.82. The van der Waals surface area contributed by atoms with Gasteiger partial charge in [-0.15, -0.1) is 0 Å². The maximum atomic E-state index is 12.4. The highest BCUT2D eigenvalue weighted by Gasteiger charge is 2.27. The number of carbonyl (C=O) groups is 2. The zero-order chi connectivity index (χ0) is 19.4. The first kappa shape index (κ1) is 19.0. The Morgan fingerprint density at radius 3 is 2.81 bits per heavy atom. The van der Waals surface area contributed by atoms with Crippen molar-refractivity contribution in [1.82, 2.24) is 5.32 Å². The number of ether oxygens (including phenoxy) is 3. The third kappa shape index (κ3) is 4.16. The van der Waals surface area contributed by atoms with Crippen LogP contribution in [-0.2, 0) is 16.1 Å². The number of amides is 2. The Morgan fingerprint density at radius 1 is 1.26 bits per heavy atom. The van der Waals surface area contributed by atoms with E-state index in [4.69, 9.17) is 14.2 Å². The quantitative estimate of drug-likeness (QED) is 0.755. The summed E-state index contributed by atoms with van der Waals surface area (Å²) in [5.41, 5.74) is 1.35.